The smallest absolute Gasteiger partial charge is 0.338 e. The highest BCUT2D eigenvalue weighted by Crippen LogP contribution is 2.20. The Bertz CT molecular complexity index is 440. The Hall–Kier alpha value is -1.40. The fraction of sp³-hybridized carbons (Fsp3) is 0.182. The maximum Gasteiger partial charge on any atom is 0.338 e. The van der Waals surface area contributed by atoms with E-state index >= 15 is 0 Å². The van der Waals surface area contributed by atoms with Crippen molar-refractivity contribution in [1.29, 1.82) is 0 Å². The molecule has 0 spiro atoms. The predicted molar refractivity (Wildman–Crippen MR) is 56.3 cm³/mol. The first kappa shape index (κ1) is 9.17. The first-order valence-electron chi connectivity index (χ1n) is 4.21. The molecule has 1 aliphatic rings. The minimum absolute atomic E-state index is 0.242. The third kappa shape index (κ3) is 1.61. The van der Waals surface area contributed by atoms with Gasteiger partial charge in [0.2, 0.25) is 0 Å². The van der Waals surface area contributed by atoms with Gasteiger partial charge in [0.05, 0.1) is 11.3 Å². The highest BCUT2D eigenvalue weighted by Gasteiger charge is 2.20. The minimum Gasteiger partial charge on any atom is -0.457 e. The van der Waals surface area contributed by atoms with Gasteiger partial charge in [0, 0.05) is 11.1 Å². The number of carbonyl (C=O) groups excluding carboxylic acids is 1. The van der Waals surface area contributed by atoms with Crippen molar-refractivity contribution in [2.24, 2.45) is 0 Å². The van der Waals surface area contributed by atoms with Gasteiger partial charge in [0.15, 0.2) is 0 Å². The average molecular weight is 204 g/mol. The van der Waals surface area contributed by atoms with Gasteiger partial charge in [-0.2, -0.15) is 12.6 Å². The standard InChI is InChI=1S/C11H8O2S/c12-11-10-4-3-8(2-1-5-14)6-9(10)7-13-11/h3-4,6,14H,5,7H2. The van der Waals surface area contributed by atoms with Crippen LogP contribution in [-0.2, 0) is 11.3 Å². The molecular weight excluding hydrogens is 196 g/mol. The summed E-state index contributed by atoms with van der Waals surface area (Å²) in [7, 11) is 0. The molecular formula is C11H8O2S. The van der Waals surface area contributed by atoms with Crippen molar-refractivity contribution in [3.63, 3.8) is 0 Å². The zero-order chi connectivity index (χ0) is 9.97. The van der Waals surface area contributed by atoms with Gasteiger partial charge in [0.1, 0.15) is 6.61 Å². The number of cyclic esters (lactones) is 1. The van der Waals surface area contributed by atoms with Crippen LogP contribution in [0.3, 0.4) is 0 Å². The summed E-state index contributed by atoms with van der Waals surface area (Å²) in [6, 6.07) is 5.46. The average Bonchev–Trinajstić information content (AvgIpc) is 2.57. The van der Waals surface area contributed by atoms with Crippen molar-refractivity contribution in [2.75, 3.05) is 5.75 Å². The van der Waals surface area contributed by atoms with E-state index in [0.717, 1.165) is 11.1 Å². The van der Waals surface area contributed by atoms with Crippen LogP contribution >= 0.6 is 12.6 Å². The number of hydrogen-bond donors (Lipinski definition) is 1. The second-order valence-corrected chi connectivity index (χ2v) is 3.22. The molecule has 0 aliphatic carbocycles. The van der Waals surface area contributed by atoms with Crippen LogP contribution in [0.25, 0.3) is 0 Å². The summed E-state index contributed by atoms with van der Waals surface area (Å²) >= 11 is 3.99. The normalized spacial score (nSPS) is 12.8. The Morgan fingerprint density at radius 1 is 1.50 bits per heavy atom. The van der Waals surface area contributed by atoms with Crippen LogP contribution < -0.4 is 0 Å². The molecule has 1 aromatic carbocycles. The molecule has 0 bridgehead atoms. The largest absolute Gasteiger partial charge is 0.457 e. The number of hydrogen-bond acceptors (Lipinski definition) is 3. The molecule has 14 heavy (non-hydrogen) atoms. The highest BCUT2D eigenvalue weighted by atomic mass is 32.1. The quantitative estimate of drug-likeness (QED) is 0.395. The lowest BCUT2D eigenvalue weighted by molar-refractivity contribution is 0.0535. The Morgan fingerprint density at radius 3 is 3.14 bits per heavy atom. The molecule has 0 saturated heterocycles. The van der Waals surface area contributed by atoms with Crippen LogP contribution in [-0.4, -0.2) is 11.7 Å². The van der Waals surface area contributed by atoms with Crippen molar-refractivity contribution < 1.29 is 9.53 Å². The molecule has 0 radical (unpaired) electrons. The van der Waals surface area contributed by atoms with Crippen LogP contribution in [0, 0.1) is 11.8 Å². The van der Waals surface area contributed by atoms with Gasteiger partial charge in [-0.25, -0.2) is 4.79 Å². The summed E-state index contributed by atoms with van der Waals surface area (Å²) in [5.41, 5.74) is 2.47. The second-order valence-electron chi connectivity index (χ2n) is 2.91. The third-order valence-corrected chi connectivity index (χ3v) is 2.15. The van der Waals surface area contributed by atoms with E-state index in [1.807, 2.05) is 12.1 Å². The van der Waals surface area contributed by atoms with Crippen LogP contribution in [0.2, 0.25) is 0 Å². The van der Waals surface area contributed by atoms with Crippen molar-refractivity contribution in [3.05, 3.63) is 34.9 Å². The van der Waals surface area contributed by atoms with Gasteiger partial charge in [-0.15, -0.1) is 0 Å². The van der Waals surface area contributed by atoms with Crippen LogP contribution in [0.15, 0.2) is 18.2 Å². The summed E-state index contributed by atoms with van der Waals surface area (Å²) in [5, 5.41) is 0. The van der Waals surface area contributed by atoms with E-state index in [1.54, 1.807) is 6.07 Å². The molecule has 1 heterocycles. The Labute approximate surface area is 87.7 Å². The number of thiol groups is 1. The van der Waals surface area contributed by atoms with E-state index < -0.39 is 0 Å². The molecule has 0 aromatic heterocycles. The Kier molecular flexibility index (Phi) is 2.47. The van der Waals surface area contributed by atoms with E-state index in [9.17, 15) is 4.79 Å². The first-order valence-corrected chi connectivity index (χ1v) is 4.84. The molecule has 0 fully saturated rings. The van der Waals surface area contributed by atoms with Crippen LogP contribution in [0.1, 0.15) is 21.5 Å². The van der Waals surface area contributed by atoms with E-state index in [1.165, 1.54) is 0 Å². The molecule has 0 N–H and O–H groups in total. The van der Waals surface area contributed by atoms with E-state index in [0.29, 0.717) is 17.9 Å². The zero-order valence-corrected chi connectivity index (χ0v) is 8.30. The third-order valence-electron chi connectivity index (χ3n) is 2.00. The van der Waals surface area contributed by atoms with Crippen LogP contribution in [0.4, 0.5) is 0 Å². The summed E-state index contributed by atoms with van der Waals surface area (Å²) in [5.74, 6) is 6.09. The molecule has 0 atom stereocenters. The fourth-order valence-corrected chi connectivity index (χ4v) is 1.43. The summed E-state index contributed by atoms with van der Waals surface area (Å²) in [4.78, 5) is 11.1. The van der Waals surface area contributed by atoms with Crippen LogP contribution in [0.5, 0.6) is 0 Å². The van der Waals surface area contributed by atoms with Crippen molar-refractivity contribution >= 4 is 18.6 Å². The van der Waals surface area contributed by atoms with Gasteiger partial charge in [-0.05, 0) is 18.2 Å². The minimum atomic E-state index is -0.242. The molecule has 0 unspecified atom stereocenters. The van der Waals surface area contributed by atoms with Gasteiger partial charge in [0.25, 0.3) is 0 Å². The molecule has 1 aliphatic heterocycles. The van der Waals surface area contributed by atoms with Crippen molar-refractivity contribution in [2.45, 2.75) is 6.61 Å². The first-order chi connectivity index (χ1) is 6.81. The maximum absolute atomic E-state index is 11.1. The van der Waals surface area contributed by atoms with E-state index in [-0.39, 0.29) is 5.97 Å². The molecule has 1 aromatic rings. The second kappa shape index (κ2) is 3.77. The van der Waals surface area contributed by atoms with Gasteiger partial charge >= 0.3 is 5.97 Å². The van der Waals surface area contributed by atoms with E-state index in [4.69, 9.17) is 4.74 Å². The molecule has 3 heteroatoms. The monoisotopic (exact) mass is 204 g/mol. The summed E-state index contributed by atoms with van der Waals surface area (Å²) in [6.07, 6.45) is 0. The van der Waals surface area contributed by atoms with Crippen molar-refractivity contribution in [3.8, 4) is 11.8 Å². The Morgan fingerprint density at radius 2 is 2.36 bits per heavy atom. The highest BCUT2D eigenvalue weighted by molar-refractivity contribution is 7.80. The summed E-state index contributed by atoms with van der Waals surface area (Å²) < 4.78 is 4.88. The SMILES string of the molecule is O=C1OCc2cc(C#CCS)ccc21. The number of fused-ring (bicyclic) bond motifs is 1. The molecule has 2 nitrogen and oxygen atoms in total. The molecule has 70 valence electrons. The van der Waals surface area contributed by atoms with E-state index in [2.05, 4.69) is 24.5 Å². The van der Waals surface area contributed by atoms with Gasteiger partial charge in [-0.3, -0.25) is 0 Å². The Balaban J connectivity index is 2.37. The zero-order valence-electron chi connectivity index (χ0n) is 7.41. The maximum atomic E-state index is 11.1. The molecule has 0 amide bonds. The number of rotatable bonds is 0. The molecule has 0 saturated carbocycles. The van der Waals surface area contributed by atoms with Gasteiger partial charge < -0.3 is 4.74 Å². The lowest BCUT2D eigenvalue weighted by Crippen LogP contribution is -1.92. The number of ether oxygens (including phenoxy) is 1. The van der Waals surface area contributed by atoms with Crippen molar-refractivity contribution in [1.82, 2.24) is 0 Å². The molecule has 2 rings (SSSR count). The predicted octanol–water partition coefficient (Wildman–Crippen LogP) is 1.64. The lowest BCUT2D eigenvalue weighted by Gasteiger charge is -1.94. The van der Waals surface area contributed by atoms with Gasteiger partial charge in [-0.1, -0.05) is 11.8 Å². The fourth-order valence-electron chi connectivity index (χ4n) is 1.35. The number of benzene rings is 1. The summed E-state index contributed by atoms with van der Waals surface area (Å²) in [6.45, 7) is 0.366. The number of carbonyl (C=O) groups is 1. The lowest BCUT2D eigenvalue weighted by atomic mass is 10.1. The topological polar surface area (TPSA) is 26.3 Å². The number of esters is 1.